The largest absolute Gasteiger partial charge is 0.316 e. The molecule has 1 aromatic rings. The molecule has 2 heterocycles. The van der Waals surface area contributed by atoms with Crippen molar-refractivity contribution in [3.8, 4) is 0 Å². The van der Waals surface area contributed by atoms with E-state index in [1.807, 2.05) is 0 Å². The molecule has 0 aromatic carbocycles. The lowest BCUT2D eigenvalue weighted by Crippen LogP contribution is -2.26. The van der Waals surface area contributed by atoms with Crippen molar-refractivity contribution in [2.45, 2.75) is 24.7 Å². The average molecular weight is 215 g/mol. The molecule has 0 spiro atoms. The highest BCUT2D eigenvalue weighted by atomic mass is 19.3. The molecule has 0 amide bonds. The summed E-state index contributed by atoms with van der Waals surface area (Å²) in [6, 6.07) is 0. The molecule has 0 bridgehead atoms. The molecule has 1 N–H and O–H groups in total. The van der Waals surface area contributed by atoms with Crippen molar-refractivity contribution in [1.29, 1.82) is 0 Å². The molecular formula is C10H15F2N3. The first kappa shape index (κ1) is 10.5. The Morgan fingerprint density at radius 2 is 2.33 bits per heavy atom. The summed E-state index contributed by atoms with van der Waals surface area (Å²) in [7, 11) is 1.75. The van der Waals surface area contributed by atoms with Gasteiger partial charge in [0.05, 0.1) is 12.1 Å². The van der Waals surface area contributed by atoms with Crippen molar-refractivity contribution in [2.75, 3.05) is 13.1 Å². The quantitative estimate of drug-likeness (QED) is 0.769. The lowest BCUT2D eigenvalue weighted by atomic mass is 9.91. The number of halogens is 2. The first-order valence-corrected chi connectivity index (χ1v) is 5.17. The van der Waals surface area contributed by atoms with Crippen LogP contribution >= 0.6 is 0 Å². The first-order valence-electron chi connectivity index (χ1n) is 5.17. The second-order valence-corrected chi connectivity index (χ2v) is 4.05. The van der Waals surface area contributed by atoms with E-state index < -0.39 is 11.8 Å². The Labute approximate surface area is 87.5 Å². The van der Waals surface area contributed by atoms with Gasteiger partial charge < -0.3 is 5.32 Å². The van der Waals surface area contributed by atoms with Crippen LogP contribution < -0.4 is 5.32 Å². The van der Waals surface area contributed by atoms with Crippen LogP contribution in [0.4, 0.5) is 8.78 Å². The van der Waals surface area contributed by atoms with E-state index in [9.17, 15) is 8.78 Å². The van der Waals surface area contributed by atoms with Crippen molar-refractivity contribution in [2.24, 2.45) is 7.05 Å². The minimum atomic E-state index is -2.62. The van der Waals surface area contributed by atoms with Crippen LogP contribution in [0.5, 0.6) is 0 Å². The monoisotopic (exact) mass is 215 g/mol. The number of aromatic nitrogens is 2. The number of hydrogen-bond donors (Lipinski definition) is 1. The lowest BCUT2D eigenvalue weighted by molar-refractivity contribution is -0.0306. The van der Waals surface area contributed by atoms with Crippen LogP contribution in [0.15, 0.2) is 12.4 Å². The van der Waals surface area contributed by atoms with E-state index in [1.165, 1.54) is 0 Å². The Morgan fingerprint density at radius 3 is 3.00 bits per heavy atom. The minimum Gasteiger partial charge on any atom is -0.316 e. The molecule has 1 unspecified atom stereocenters. The van der Waals surface area contributed by atoms with Crippen LogP contribution in [0.1, 0.15) is 24.3 Å². The molecule has 0 radical (unpaired) electrons. The van der Waals surface area contributed by atoms with Gasteiger partial charge in [0.15, 0.2) is 0 Å². The molecule has 3 nitrogen and oxygen atoms in total. The molecular weight excluding hydrogens is 200 g/mol. The van der Waals surface area contributed by atoms with Gasteiger partial charge in [0.1, 0.15) is 0 Å². The van der Waals surface area contributed by atoms with Gasteiger partial charge in [-0.05, 0) is 18.5 Å². The maximum atomic E-state index is 13.7. The van der Waals surface area contributed by atoms with Crippen LogP contribution in [0, 0.1) is 0 Å². The predicted molar refractivity (Wildman–Crippen MR) is 53.0 cm³/mol. The second kappa shape index (κ2) is 3.89. The van der Waals surface area contributed by atoms with Gasteiger partial charge in [0.2, 0.25) is 0 Å². The number of hydrogen-bond acceptors (Lipinski definition) is 2. The highest BCUT2D eigenvalue weighted by Crippen LogP contribution is 2.39. The standard InChI is InChI=1S/C10H15F2N3/c1-15-7-8(6-14-15)9-2-4-13-5-3-10(9,11)12/h6-7,9,13H,2-5H2,1H3. The van der Waals surface area contributed by atoms with Gasteiger partial charge in [-0.25, -0.2) is 8.78 Å². The Bertz CT molecular complexity index is 335. The SMILES string of the molecule is Cn1cc(C2CCNCCC2(F)F)cn1. The Hall–Kier alpha value is -0.970. The molecule has 1 fully saturated rings. The topological polar surface area (TPSA) is 29.9 Å². The molecule has 1 aliphatic heterocycles. The number of alkyl halides is 2. The number of rotatable bonds is 1. The molecule has 0 aliphatic carbocycles. The fraction of sp³-hybridized carbons (Fsp3) is 0.700. The molecule has 5 heteroatoms. The fourth-order valence-corrected chi connectivity index (χ4v) is 2.04. The smallest absolute Gasteiger partial charge is 0.256 e. The summed E-state index contributed by atoms with van der Waals surface area (Å²) in [5, 5.41) is 6.95. The van der Waals surface area contributed by atoms with Gasteiger partial charge in [-0.15, -0.1) is 0 Å². The van der Waals surface area contributed by atoms with E-state index in [-0.39, 0.29) is 6.42 Å². The lowest BCUT2D eigenvalue weighted by Gasteiger charge is -2.23. The van der Waals surface area contributed by atoms with Gasteiger partial charge in [0.25, 0.3) is 5.92 Å². The Balaban J connectivity index is 2.24. The first-order chi connectivity index (χ1) is 7.09. The summed E-state index contributed by atoms with van der Waals surface area (Å²) in [5.41, 5.74) is 0.645. The van der Waals surface area contributed by atoms with Gasteiger partial charge in [-0.2, -0.15) is 5.10 Å². The summed E-state index contributed by atoms with van der Waals surface area (Å²) >= 11 is 0. The third kappa shape index (κ3) is 2.17. The Morgan fingerprint density at radius 1 is 1.53 bits per heavy atom. The van der Waals surface area contributed by atoms with Gasteiger partial charge in [-0.1, -0.05) is 0 Å². The maximum absolute atomic E-state index is 13.7. The highest BCUT2D eigenvalue weighted by Gasteiger charge is 2.41. The highest BCUT2D eigenvalue weighted by molar-refractivity contribution is 5.15. The van der Waals surface area contributed by atoms with Gasteiger partial charge in [-0.3, -0.25) is 4.68 Å². The van der Waals surface area contributed by atoms with Crippen LogP contribution in [0.2, 0.25) is 0 Å². The summed E-state index contributed by atoms with van der Waals surface area (Å²) in [5.74, 6) is -3.31. The van der Waals surface area contributed by atoms with E-state index >= 15 is 0 Å². The second-order valence-electron chi connectivity index (χ2n) is 4.05. The summed E-state index contributed by atoms with van der Waals surface area (Å²) < 4.78 is 29.1. The molecule has 1 atom stereocenters. The fourth-order valence-electron chi connectivity index (χ4n) is 2.04. The number of aryl methyl sites for hydroxylation is 1. The Kier molecular flexibility index (Phi) is 2.73. The average Bonchev–Trinajstić information content (AvgIpc) is 2.49. The molecule has 84 valence electrons. The number of nitrogens with zero attached hydrogens (tertiary/aromatic N) is 2. The molecule has 15 heavy (non-hydrogen) atoms. The number of nitrogens with one attached hydrogen (secondary N) is 1. The zero-order chi connectivity index (χ0) is 10.9. The predicted octanol–water partition coefficient (Wildman–Crippen LogP) is 1.52. The zero-order valence-corrected chi connectivity index (χ0v) is 8.71. The molecule has 0 saturated carbocycles. The van der Waals surface area contributed by atoms with Crippen LogP contribution in [-0.2, 0) is 7.05 Å². The van der Waals surface area contributed by atoms with Gasteiger partial charge in [0, 0.05) is 26.2 Å². The van der Waals surface area contributed by atoms with E-state index in [2.05, 4.69) is 10.4 Å². The van der Waals surface area contributed by atoms with Crippen molar-refractivity contribution in [3.05, 3.63) is 18.0 Å². The third-order valence-corrected chi connectivity index (χ3v) is 2.88. The zero-order valence-electron chi connectivity index (χ0n) is 8.71. The van der Waals surface area contributed by atoms with Crippen LogP contribution in [0.3, 0.4) is 0 Å². The van der Waals surface area contributed by atoms with Crippen molar-refractivity contribution in [3.63, 3.8) is 0 Å². The molecule has 1 saturated heterocycles. The van der Waals surface area contributed by atoms with Crippen LogP contribution in [0.25, 0.3) is 0 Å². The van der Waals surface area contributed by atoms with Crippen molar-refractivity contribution in [1.82, 2.24) is 15.1 Å². The molecule has 1 aromatic heterocycles. The maximum Gasteiger partial charge on any atom is 0.256 e. The molecule has 2 rings (SSSR count). The van der Waals surface area contributed by atoms with Crippen LogP contribution in [-0.4, -0.2) is 28.8 Å². The van der Waals surface area contributed by atoms with Gasteiger partial charge >= 0.3 is 0 Å². The van der Waals surface area contributed by atoms with E-state index in [1.54, 1.807) is 24.1 Å². The third-order valence-electron chi connectivity index (χ3n) is 2.88. The summed E-state index contributed by atoms with van der Waals surface area (Å²) in [4.78, 5) is 0. The minimum absolute atomic E-state index is 0.0907. The summed E-state index contributed by atoms with van der Waals surface area (Å²) in [6.45, 7) is 1.04. The van der Waals surface area contributed by atoms with Crippen molar-refractivity contribution < 1.29 is 8.78 Å². The van der Waals surface area contributed by atoms with E-state index in [4.69, 9.17) is 0 Å². The summed E-state index contributed by atoms with van der Waals surface area (Å²) in [6.07, 6.45) is 3.61. The van der Waals surface area contributed by atoms with Crippen molar-refractivity contribution >= 4 is 0 Å². The normalized spacial score (nSPS) is 26.2. The van der Waals surface area contributed by atoms with E-state index in [0.29, 0.717) is 25.1 Å². The molecule has 1 aliphatic rings. The van der Waals surface area contributed by atoms with E-state index in [0.717, 1.165) is 0 Å².